The van der Waals surface area contributed by atoms with Gasteiger partial charge in [0.05, 0.1) is 13.0 Å². The molecule has 142 valence electrons. The molecule has 1 atom stereocenters. The van der Waals surface area contributed by atoms with Crippen molar-refractivity contribution in [2.75, 3.05) is 45.2 Å². The van der Waals surface area contributed by atoms with E-state index >= 15 is 0 Å². The minimum absolute atomic E-state index is 0.0244. The van der Waals surface area contributed by atoms with Gasteiger partial charge in [0.25, 0.3) is 0 Å². The van der Waals surface area contributed by atoms with Gasteiger partial charge in [0.2, 0.25) is 0 Å². The number of methoxy groups -OCH3 is 1. The van der Waals surface area contributed by atoms with Gasteiger partial charge in [0.15, 0.2) is 5.96 Å². The molecule has 26 heavy (non-hydrogen) atoms. The Morgan fingerprint density at radius 1 is 1.31 bits per heavy atom. The van der Waals surface area contributed by atoms with E-state index < -0.39 is 0 Å². The number of ether oxygens (including phenoxy) is 1. The molecule has 6 heteroatoms. The normalized spacial score (nSPS) is 20.9. The van der Waals surface area contributed by atoms with Crippen molar-refractivity contribution in [1.29, 1.82) is 0 Å². The van der Waals surface area contributed by atoms with Gasteiger partial charge in [0, 0.05) is 45.0 Å². The van der Waals surface area contributed by atoms with E-state index in [1.165, 1.54) is 18.4 Å². The number of para-hydroxylation sites is 1. The van der Waals surface area contributed by atoms with Crippen LogP contribution in [-0.4, -0.2) is 63.2 Å². The maximum Gasteiger partial charge on any atom is 0.308 e. The van der Waals surface area contributed by atoms with Crippen LogP contribution in [0.1, 0.15) is 25.3 Å². The highest BCUT2D eigenvalue weighted by molar-refractivity contribution is 5.80. The van der Waals surface area contributed by atoms with Crippen molar-refractivity contribution in [3.05, 3.63) is 29.8 Å². The van der Waals surface area contributed by atoms with Gasteiger partial charge in [0.1, 0.15) is 0 Å². The molecule has 0 saturated carbocycles. The molecule has 3 rings (SSSR count). The van der Waals surface area contributed by atoms with Crippen molar-refractivity contribution in [2.24, 2.45) is 10.9 Å². The van der Waals surface area contributed by atoms with Gasteiger partial charge in [-0.05, 0) is 37.8 Å². The molecular weight excluding hydrogens is 328 g/mol. The van der Waals surface area contributed by atoms with Crippen LogP contribution >= 0.6 is 0 Å². The summed E-state index contributed by atoms with van der Waals surface area (Å²) in [5, 5.41) is 3.49. The average molecular weight is 358 g/mol. The maximum absolute atomic E-state index is 11.7. The Morgan fingerprint density at radius 2 is 2.04 bits per heavy atom. The lowest BCUT2D eigenvalue weighted by molar-refractivity contribution is -0.146. The molecule has 0 radical (unpaired) electrons. The van der Waals surface area contributed by atoms with Crippen molar-refractivity contribution in [3.63, 3.8) is 0 Å². The van der Waals surface area contributed by atoms with E-state index in [0.717, 1.165) is 51.4 Å². The molecule has 2 aliphatic heterocycles. The van der Waals surface area contributed by atoms with Gasteiger partial charge in [-0.25, -0.2) is 0 Å². The molecule has 2 aliphatic rings. The van der Waals surface area contributed by atoms with E-state index in [2.05, 4.69) is 51.3 Å². The quantitative estimate of drug-likeness (QED) is 0.506. The van der Waals surface area contributed by atoms with Gasteiger partial charge in [-0.2, -0.15) is 0 Å². The zero-order valence-corrected chi connectivity index (χ0v) is 16.1. The summed E-state index contributed by atoms with van der Waals surface area (Å²) in [6, 6.07) is 9.20. The first kappa shape index (κ1) is 18.5. The highest BCUT2D eigenvalue weighted by Crippen LogP contribution is 2.31. The fourth-order valence-electron chi connectivity index (χ4n) is 4.08. The van der Waals surface area contributed by atoms with E-state index in [1.807, 2.05) is 7.05 Å². The molecular formula is C20H30N4O2. The van der Waals surface area contributed by atoms with Crippen LogP contribution in [0.4, 0.5) is 5.69 Å². The van der Waals surface area contributed by atoms with Crippen molar-refractivity contribution < 1.29 is 9.53 Å². The summed E-state index contributed by atoms with van der Waals surface area (Å²) in [6.45, 7) is 5.76. The summed E-state index contributed by atoms with van der Waals surface area (Å²) in [5.41, 5.74) is 2.80. The number of guanidine groups is 1. The standard InChI is InChI=1S/C20H30N4O2/c1-15-14-17-6-4-5-7-18(17)24(15)13-10-22-20(21-2)23-11-8-16(9-12-23)19(25)26-3/h4-7,15-16H,8-14H2,1-3H3,(H,21,22). The Balaban J connectivity index is 1.49. The molecule has 6 nitrogen and oxygen atoms in total. The second-order valence-corrected chi connectivity index (χ2v) is 7.13. The Kier molecular flexibility index (Phi) is 6.01. The average Bonchev–Trinajstić information content (AvgIpc) is 3.00. The van der Waals surface area contributed by atoms with Crippen molar-refractivity contribution in [1.82, 2.24) is 10.2 Å². The number of carbonyl (C=O) groups excluding carboxylic acids is 1. The van der Waals surface area contributed by atoms with E-state index in [4.69, 9.17) is 4.74 Å². The second kappa shape index (κ2) is 8.43. The van der Waals surface area contributed by atoms with Crippen molar-refractivity contribution in [3.8, 4) is 0 Å². The number of likely N-dealkylation sites (tertiary alicyclic amines) is 1. The molecule has 1 aromatic carbocycles. The van der Waals surface area contributed by atoms with Crippen LogP contribution in [0.3, 0.4) is 0 Å². The largest absolute Gasteiger partial charge is 0.469 e. The number of hydrogen-bond donors (Lipinski definition) is 1. The molecule has 1 fully saturated rings. The van der Waals surface area contributed by atoms with Gasteiger partial charge < -0.3 is 19.9 Å². The number of rotatable bonds is 4. The summed E-state index contributed by atoms with van der Waals surface area (Å²) in [7, 11) is 3.29. The van der Waals surface area contributed by atoms with E-state index in [9.17, 15) is 4.79 Å². The summed E-state index contributed by atoms with van der Waals surface area (Å²) in [5.74, 6) is 0.860. The third kappa shape index (κ3) is 3.94. The molecule has 0 aliphatic carbocycles. The molecule has 0 aromatic heterocycles. The van der Waals surface area contributed by atoms with Crippen LogP contribution < -0.4 is 10.2 Å². The molecule has 0 amide bonds. The predicted molar refractivity (Wildman–Crippen MR) is 105 cm³/mol. The van der Waals surface area contributed by atoms with Crippen LogP contribution in [0.5, 0.6) is 0 Å². The summed E-state index contributed by atoms with van der Waals surface area (Å²) >= 11 is 0. The number of aliphatic imine (C=N–C) groups is 1. The molecule has 1 aromatic rings. The van der Waals surface area contributed by atoms with Gasteiger partial charge in [-0.15, -0.1) is 0 Å². The third-order valence-electron chi connectivity index (χ3n) is 5.53. The Hall–Kier alpha value is -2.24. The molecule has 1 unspecified atom stereocenters. The first-order chi connectivity index (χ1) is 12.6. The fourth-order valence-corrected chi connectivity index (χ4v) is 4.08. The zero-order valence-electron chi connectivity index (χ0n) is 16.1. The lowest BCUT2D eigenvalue weighted by Crippen LogP contribution is -2.48. The number of esters is 1. The zero-order chi connectivity index (χ0) is 18.5. The molecule has 1 saturated heterocycles. The first-order valence-electron chi connectivity index (χ1n) is 9.52. The van der Waals surface area contributed by atoms with E-state index in [1.54, 1.807) is 0 Å². The SMILES string of the molecule is CN=C(NCCN1c2ccccc2CC1C)N1CCC(C(=O)OC)CC1. The van der Waals surface area contributed by atoms with Crippen LogP contribution in [0, 0.1) is 5.92 Å². The molecule has 0 bridgehead atoms. The molecule has 0 spiro atoms. The van der Waals surface area contributed by atoms with Crippen molar-refractivity contribution in [2.45, 2.75) is 32.2 Å². The van der Waals surface area contributed by atoms with Gasteiger partial charge >= 0.3 is 5.97 Å². The monoisotopic (exact) mass is 358 g/mol. The lowest BCUT2D eigenvalue weighted by Gasteiger charge is -2.33. The Bertz CT molecular complexity index is 653. The number of carbonyl (C=O) groups is 1. The lowest BCUT2D eigenvalue weighted by atomic mass is 9.97. The minimum Gasteiger partial charge on any atom is -0.469 e. The number of piperidine rings is 1. The topological polar surface area (TPSA) is 57.2 Å². The highest BCUT2D eigenvalue weighted by atomic mass is 16.5. The van der Waals surface area contributed by atoms with E-state index in [0.29, 0.717) is 6.04 Å². The Morgan fingerprint density at radius 3 is 2.73 bits per heavy atom. The van der Waals surface area contributed by atoms with Crippen molar-refractivity contribution >= 4 is 17.6 Å². The number of nitrogens with one attached hydrogen (secondary N) is 1. The minimum atomic E-state index is -0.0886. The Labute approximate surface area is 156 Å². The number of benzene rings is 1. The van der Waals surface area contributed by atoms with Crippen LogP contribution in [0.25, 0.3) is 0 Å². The number of fused-ring (bicyclic) bond motifs is 1. The third-order valence-corrected chi connectivity index (χ3v) is 5.53. The molecule has 1 N–H and O–H groups in total. The summed E-state index contributed by atoms with van der Waals surface area (Å²) in [4.78, 5) is 20.8. The maximum atomic E-state index is 11.7. The number of nitrogens with zero attached hydrogens (tertiary/aromatic N) is 3. The fraction of sp³-hybridized carbons (Fsp3) is 0.600. The van der Waals surface area contributed by atoms with Crippen LogP contribution in [0.15, 0.2) is 29.3 Å². The van der Waals surface area contributed by atoms with Crippen LogP contribution in [0.2, 0.25) is 0 Å². The van der Waals surface area contributed by atoms with E-state index in [-0.39, 0.29) is 11.9 Å². The highest BCUT2D eigenvalue weighted by Gasteiger charge is 2.28. The smallest absolute Gasteiger partial charge is 0.308 e. The molecule has 2 heterocycles. The van der Waals surface area contributed by atoms with Gasteiger partial charge in [-0.1, -0.05) is 18.2 Å². The van der Waals surface area contributed by atoms with Crippen LogP contribution in [-0.2, 0) is 16.0 Å². The second-order valence-electron chi connectivity index (χ2n) is 7.13. The number of anilines is 1. The first-order valence-corrected chi connectivity index (χ1v) is 9.52. The number of hydrogen-bond acceptors (Lipinski definition) is 4. The summed E-state index contributed by atoms with van der Waals surface area (Å²) < 4.78 is 4.86. The van der Waals surface area contributed by atoms with Gasteiger partial charge in [-0.3, -0.25) is 9.79 Å². The predicted octanol–water partition coefficient (Wildman–Crippen LogP) is 1.90. The summed E-state index contributed by atoms with van der Waals surface area (Å²) in [6.07, 6.45) is 2.76.